The van der Waals surface area contributed by atoms with Gasteiger partial charge in [-0.1, -0.05) is 104 Å². The van der Waals surface area contributed by atoms with E-state index in [0.717, 1.165) is 0 Å². The van der Waals surface area contributed by atoms with Crippen LogP contribution in [-0.2, 0) is 19.5 Å². The molecule has 1 radical (unpaired) electrons. The summed E-state index contributed by atoms with van der Waals surface area (Å²) in [7, 11) is 4.50. The van der Waals surface area contributed by atoms with Crippen molar-refractivity contribution in [2.45, 2.75) is 13.2 Å². The molecule has 127 valence electrons. The van der Waals surface area contributed by atoms with Gasteiger partial charge in [0.15, 0.2) is 0 Å². The van der Waals surface area contributed by atoms with Crippen molar-refractivity contribution in [3.05, 3.63) is 91.0 Å². The van der Waals surface area contributed by atoms with Crippen molar-refractivity contribution >= 4 is 45.8 Å². The number of benzene rings is 3. The van der Waals surface area contributed by atoms with Crippen LogP contribution in [0.4, 0.5) is 0 Å². The second-order valence-corrected chi connectivity index (χ2v) is 7.92. The number of rotatable bonds is 5. The molecule has 3 aromatic rings. The van der Waals surface area contributed by atoms with Crippen LogP contribution in [0.3, 0.4) is 0 Å². The molecule has 0 spiro atoms. The summed E-state index contributed by atoms with van der Waals surface area (Å²) in [4.78, 5) is 0. The second kappa shape index (κ2) is 13.2. The maximum atomic E-state index is 2.23. The third-order valence-electron chi connectivity index (χ3n) is 3.75. The van der Waals surface area contributed by atoms with Gasteiger partial charge < -0.3 is 0 Å². The molecule has 0 nitrogen and oxygen atoms in total. The van der Waals surface area contributed by atoms with Crippen LogP contribution in [0.5, 0.6) is 0 Å². The first kappa shape index (κ1) is 22.0. The molecule has 5 heteroatoms. The summed E-state index contributed by atoms with van der Waals surface area (Å²) in [5, 5.41) is 4.19. The van der Waals surface area contributed by atoms with E-state index in [1.165, 1.54) is 36.5 Å². The van der Waals surface area contributed by atoms with E-state index in [1.54, 1.807) is 0 Å². The Bertz CT molecular complexity index is 585. The van der Waals surface area contributed by atoms with Gasteiger partial charge in [0.05, 0.1) is 22.0 Å². The summed E-state index contributed by atoms with van der Waals surface area (Å²) in [6, 6.07) is 32.3. The van der Waals surface area contributed by atoms with E-state index >= 15 is 0 Å². The zero-order valence-corrected chi connectivity index (χ0v) is 17.6. The van der Waals surface area contributed by atoms with Gasteiger partial charge in [0.2, 0.25) is 0 Å². The van der Waals surface area contributed by atoms with E-state index in [9.17, 15) is 0 Å². The fraction of sp³-hybridized carbons (Fsp3) is 0.100. The van der Waals surface area contributed by atoms with Crippen LogP contribution in [0.15, 0.2) is 91.0 Å². The van der Waals surface area contributed by atoms with Crippen molar-refractivity contribution in [2.24, 2.45) is 0 Å². The van der Waals surface area contributed by atoms with Crippen LogP contribution >= 0.6 is 7.92 Å². The van der Waals surface area contributed by atoms with E-state index in [1.807, 2.05) is 0 Å². The summed E-state index contributed by atoms with van der Waals surface area (Å²) >= 11 is 0. The van der Waals surface area contributed by atoms with E-state index in [2.05, 4.69) is 106 Å². The van der Waals surface area contributed by atoms with Crippen LogP contribution in [-0.4, -0.2) is 22.0 Å². The molecule has 25 heavy (non-hydrogen) atoms. The van der Waals surface area contributed by atoms with Gasteiger partial charge in [-0.25, -0.2) is 0 Å². The predicted octanol–water partition coefficient (Wildman–Crippen LogP) is 2.20. The average molecular weight is 431 g/mol. The largest absolute Gasteiger partial charge is 0.0881 e. The molecule has 0 fully saturated rings. The summed E-state index contributed by atoms with van der Waals surface area (Å²) < 4.78 is 0. The monoisotopic (exact) mass is 431 g/mol. The first-order valence-electron chi connectivity index (χ1n) is 8.82. The van der Waals surface area contributed by atoms with Gasteiger partial charge in [0, 0.05) is 19.5 Å². The molecule has 0 aliphatic heterocycles. The predicted molar refractivity (Wildman–Crippen MR) is 118 cm³/mol. The van der Waals surface area contributed by atoms with Crippen molar-refractivity contribution in [3.8, 4) is 0 Å². The van der Waals surface area contributed by atoms with Crippen LogP contribution in [0.2, 0.25) is 6.32 Å². The topological polar surface area (TPSA) is 0 Å². The van der Waals surface area contributed by atoms with Gasteiger partial charge in [-0.15, -0.1) is 0 Å². The van der Waals surface area contributed by atoms with Crippen molar-refractivity contribution in [3.63, 3.8) is 0 Å². The van der Waals surface area contributed by atoms with Crippen molar-refractivity contribution in [1.29, 1.82) is 0 Å². The quantitative estimate of drug-likeness (QED) is 0.430. The Hall–Kier alpha value is -1.09. The smallest absolute Gasteiger partial charge is 0.0776 e. The third-order valence-corrected chi connectivity index (χ3v) is 6.19. The number of hydrogen-bond acceptors (Lipinski definition) is 0. The van der Waals surface area contributed by atoms with Crippen molar-refractivity contribution < 1.29 is 19.5 Å². The Morgan fingerprint density at radius 2 is 1.00 bits per heavy atom. The van der Waals surface area contributed by atoms with Crippen LogP contribution < -0.4 is 15.9 Å². The first-order chi connectivity index (χ1) is 11.9. The molecular formula is C20H24B3PRh. The normalized spacial score (nSPS) is 9.36. The van der Waals surface area contributed by atoms with E-state index in [0.29, 0.717) is 0 Å². The molecule has 0 amide bonds. The SMILES string of the molecule is BBBCC.[Rh].c1ccc(P(c2ccccc2)c2ccccc2)cc1. The van der Waals surface area contributed by atoms with Gasteiger partial charge >= 0.3 is 0 Å². The third kappa shape index (κ3) is 7.35. The molecule has 0 saturated carbocycles. The minimum absolute atomic E-state index is 0. The molecule has 0 unspecified atom stereocenters. The van der Waals surface area contributed by atoms with Gasteiger partial charge in [-0.05, 0) is 23.8 Å². The summed E-state index contributed by atoms with van der Waals surface area (Å²) in [5.74, 6) is 0. The summed E-state index contributed by atoms with van der Waals surface area (Å²) in [5.41, 5.74) is 0. The Morgan fingerprint density at radius 1 is 0.680 bits per heavy atom. The molecule has 0 aromatic heterocycles. The van der Waals surface area contributed by atoms with Gasteiger partial charge in [0.25, 0.3) is 0 Å². The Balaban J connectivity index is 0.000000462. The molecule has 0 heterocycles. The summed E-state index contributed by atoms with van der Waals surface area (Å²) in [6.45, 7) is 2.21. The minimum Gasteiger partial charge on any atom is -0.0881 e. The first-order valence-corrected chi connectivity index (χ1v) is 10.2. The molecule has 0 aliphatic carbocycles. The van der Waals surface area contributed by atoms with Crippen LogP contribution in [0.25, 0.3) is 0 Å². The van der Waals surface area contributed by atoms with E-state index < -0.39 is 7.92 Å². The van der Waals surface area contributed by atoms with E-state index in [-0.39, 0.29) is 19.5 Å². The van der Waals surface area contributed by atoms with E-state index in [4.69, 9.17) is 0 Å². The molecular weight excluding hydrogens is 407 g/mol. The second-order valence-electron chi connectivity index (χ2n) is 5.70. The van der Waals surface area contributed by atoms with Crippen molar-refractivity contribution in [2.75, 3.05) is 0 Å². The average Bonchev–Trinajstić information content (AvgIpc) is 2.66. The molecule has 3 rings (SSSR count). The molecule has 3 aromatic carbocycles. The Labute approximate surface area is 169 Å². The molecule has 0 bridgehead atoms. The minimum atomic E-state index is -0.446. The molecule has 0 N–H and O–H groups in total. The fourth-order valence-corrected chi connectivity index (χ4v) is 4.84. The number of hydrogen-bond donors (Lipinski definition) is 0. The Morgan fingerprint density at radius 3 is 1.20 bits per heavy atom. The van der Waals surface area contributed by atoms with Gasteiger partial charge in [-0.2, -0.15) is 0 Å². The van der Waals surface area contributed by atoms with Crippen molar-refractivity contribution in [1.82, 2.24) is 0 Å². The fourth-order valence-electron chi connectivity index (χ4n) is 2.53. The zero-order valence-electron chi connectivity index (χ0n) is 15.1. The summed E-state index contributed by atoms with van der Waals surface area (Å²) in [6.07, 6.45) is 1.34. The molecule has 0 aliphatic rings. The zero-order chi connectivity index (χ0) is 17.0. The standard InChI is InChI=1S/C18H15P.C2H9B3.Rh/c1-4-10-16(11-5-1)19(17-12-6-2-7-13-17)18-14-8-3-9-15-18;1-2-4-5-3;/h1-15H;4-5H,2-3H2,1H3;. The van der Waals surface area contributed by atoms with Crippen LogP contribution in [0.1, 0.15) is 6.92 Å². The maximum Gasteiger partial charge on any atom is 0.0776 e. The molecule has 0 atom stereocenters. The van der Waals surface area contributed by atoms with Gasteiger partial charge in [-0.3, -0.25) is 0 Å². The van der Waals surface area contributed by atoms with Gasteiger partial charge in [0.1, 0.15) is 0 Å². The van der Waals surface area contributed by atoms with Crippen LogP contribution in [0, 0.1) is 0 Å². The Kier molecular flexibility index (Phi) is 11.6. The maximum absolute atomic E-state index is 2.23. The molecule has 0 saturated heterocycles.